The summed E-state index contributed by atoms with van der Waals surface area (Å²) < 4.78 is 8.31. The van der Waals surface area contributed by atoms with Crippen molar-refractivity contribution in [1.82, 2.24) is 20.0 Å². The summed E-state index contributed by atoms with van der Waals surface area (Å²) in [4.78, 5) is 14.9. The number of carbonyl (C=O) groups excluding carboxylic acids is 1. The highest BCUT2D eigenvalue weighted by Crippen LogP contribution is 2.27. The Morgan fingerprint density at radius 1 is 1.24 bits per heavy atom. The van der Waals surface area contributed by atoms with Gasteiger partial charge in [-0.3, -0.25) is 4.79 Å². The van der Waals surface area contributed by atoms with E-state index >= 15 is 0 Å². The van der Waals surface area contributed by atoms with Crippen LogP contribution in [-0.2, 0) is 6.73 Å². The number of benzene rings is 1. The number of amides is 1. The van der Waals surface area contributed by atoms with E-state index in [0.717, 1.165) is 16.8 Å². The Bertz CT molecular complexity index is 738. The van der Waals surface area contributed by atoms with Crippen molar-refractivity contribution in [1.29, 1.82) is 0 Å². The zero-order valence-electron chi connectivity index (χ0n) is 13.9. The van der Waals surface area contributed by atoms with Gasteiger partial charge in [-0.25, -0.2) is 4.68 Å². The third-order valence-electron chi connectivity index (χ3n) is 5.02. The van der Waals surface area contributed by atoms with E-state index in [2.05, 4.69) is 31.2 Å². The molecular weight excluding hydrogens is 384 g/mol. The molecule has 3 saturated heterocycles. The lowest BCUT2D eigenvalue weighted by atomic mass is 9.84. The molecule has 4 heterocycles. The first-order valence-corrected chi connectivity index (χ1v) is 9.42. The number of ether oxygens (including phenoxy) is 1. The first kappa shape index (κ1) is 16.6. The molecule has 7 heteroatoms. The van der Waals surface area contributed by atoms with Gasteiger partial charge in [-0.15, -0.1) is 0 Å². The third kappa shape index (κ3) is 3.88. The Balaban J connectivity index is 1.32. The van der Waals surface area contributed by atoms with Gasteiger partial charge in [0, 0.05) is 23.3 Å². The molecule has 0 saturated carbocycles. The highest BCUT2D eigenvalue weighted by atomic mass is 79.9. The topological polar surface area (TPSA) is 59.4 Å². The van der Waals surface area contributed by atoms with Gasteiger partial charge in [0.25, 0.3) is 5.91 Å². The molecule has 3 aliphatic heterocycles. The van der Waals surface area contributed by atoms with E-state index in [1.165, 1.54) is 25.9 Å². The van der Waals surface area contributed by atoms with Crippen LogP contribution in [0.15, 0.2) is 41.0 Å². The molecule has 3 aliphatic rings. The lowest BCUT2D eigenvalue weighted by Crippen LogP contribution is -2.57. The molecule has 1 amide bonds. The van der Waals surface area contributed by atoms with Gasteiger partial charge in [-0.05, 0) is 62.2 Å². The summed E-state index contributed by atoms with van der Waals surface area (Å²) >= 11 is 3.39. The summed E-state index contributed by atoms with van der Waals surface area (Å²) in [6.07, 6.45) is 4.13. The minimum atomic E-state index is -0.0962. The molecular formula is C18H21BrN4O2. The highest BCUT2D eigenvalue weighted by Gasteiger charge is 2.35. The summed E-state index contributed by atoms with van der Waals surface area (Å²) in [6, 6.07) is 9.60. The second kappa shape index (κ2) is 7.17. The van der Waals surface area contributed by atoms with Crippen LogP contribution in [0.5, 0.6) is 5.75 Å². The molecule has 25 heavy (non-hydrogen) atoms. The molecule has 1 aromatic heterocycles. The fourth-order valence-corrected chi connectivity index (χ4v) is 3.86. The first-order chi connectivity index (χ1) is 12.2. The minimum absolute atomic E-state index is 0.0962. The first-order valence-electron chi connectivity index (χ1n) is 8.62. The van der Waals surface area contributed by atoms with Crippen molar-refractivity contribution < 1.29 is 9.53 Å². The van der Waals surface area contributed by atoms with Crippen molar-refractivity contribution in [2.75, 3.05) is 19.6 Å². The molecule has 2 aromatic rings. The van der Waals surface area contributed by atoms with Gasteiger partial charge in [0.1, 0.15) is 11.4 Å². The summed E-state index contributed by atoms with van der Waals surface area (Å²) in [5.41, 5.74) is 0.441. The van der Waals surface area contributed by atoms with Crippen molar-refractivity contribution in [2.45, 2.75) is 25.6 Å². The maximum absolute atomic E-state index is 12.5. The maximum Gasteiger partial charge on any atom is 0.272 e. The van der Waals surface area contributed by atoms with E-state index in [1.54, 1.807) is 16.9 Å². The van der Waals surface area contributed by atoms with Crippen molar-refractivity contribution in [3.8, 4) is 5.75 Å². The second-order valence-electron chi connectivity index (χ2n) is 6.69. The molecule has 0 aliphatic carbocycles. The number of nitrogens with one attached hydrogen (secondary N) is 1. The molecule has 1 unspecified atom stereocenters. The number of hydrogen-bond donors (Lipinski definition) is 1. The largest absolute Gasteiger partial charge is 0.471 e. The van der Waals surface area contributed by atoms with Gasteiger partial charge in [0.15, 0.2) is 6.73 Å². The SMILES string of the molecule is O=C(NC1CN2CCC1CC2)c1ccn(COc2ccc(Br)cc2)n1. The zero-order valence-corrected chi connectivity index (χ0v) is 15.5. The Hall–Kier alpha value is -1.86. The van der Waals surface area contributed by atoms with Crippen LogP contribution in [0.25, 0.3) is 0 Å². The van der Waals surface area contributed by atoms with E-state index in [-0.39, 0.29) is 18.7 Å². The van der Waals surface area contributed by atoms with E-state index in [9.17, 15) is 4.79 Å². The van der Waals surface area contributed by atoms with Crippen LogP contribution in [0.2, 0.25) is 0 Å². The number of hydrogen-bond acceptors (Lipinski definition) is 4. The fraction of sp³-hybridized carbons (Fsp3) is 0.444. The monoisotopic (exact) mass is 404 g/mol. The van der Waals surface area contributed by atoms with Gasteiger partial charge >= 0.3 is 0 Å². The quantitative estimate of drug-likeness (QED) is 0.831. The van der Waals surface area contributed by atoms with Gasteiger partial charge < -0.3 is 15.0 Å². The normalized spacial score (nSPS) is 24.9. The van der Waals surface area contributed by atoms with Crippen LogP contribution < -0.4 is 10.1 Å². The number of fused-ring (bicyclic) bond motifs is 3. The van der Waals surface area contributed by atoms with E-state index < -0.39 is 0 Å². The molecule has 6 nitrogen and oxygen atoms in total. The fourth-order valence-electron chi connectivity index (χ4n) is 3.60. The minimum Gasteiger partial charge on any atom is -0.471 e. The average molecular weight is 405 g/mol. The van der Waals surface area contributed by atoms with Gasteiger partial charge in [0.05, 0.1) is 0 Å². The van der Waals surface area contributed by atoms with Crippen LogP contribution in [0.4, 0.5) is 0 Å². The number of nitrogens with zero attached hydrogens (tertiary/aromatic N) is 3. The molecule has 0 radical (unpaired) electrons. The van der Waals surface area contributed by atoms with Crippen LogP contribution in [0.1, 0.15) is 23.3 Å². The Morgan fingerprint density at radius 3 is 2.68 bits per heavy atom. The Morgan fingerprint density at radius 2 is 2.00 bits per heavy atom. The highest BCUT2D eigenvalue weighted by molar-refractivity contribution is 9.10. The van der Waals surface area contributed by atoms with E-state index in [1.807, 2.05) is 24.3 Å². The molecule has 2 bridgehead atoms. The van der Waals surface area contributed by atoms with Crippen molar-refractivity contribution in [2.24, 2.45) is 5.92 Å². The lowest BCUT2D eigenvalue weighted by molar-refractivity contribution is 0.0617. The molecule has 0 spiro atoms. The van der Waals surface area contributed by atoms with E-state index in [0.29, 0.717) is 11.6 Å². The van der Waals surface area contributed by atoms with Gasteiger partial charge in [0.2, 0.25) is 0 Å². The summed E-state index contributed by atoms with van der Waals surface area (Å²) in [5.74, 6) is 1.27. The number of carbonyl (C=O) groups is 1. The predicted octanol–water partition coefficient (Wildman–Crippen LogP) is 2.51. The van der Waals surface area contributed by atoms with Crippen molar-refractivity contribution >= 4 is 21.8 Å². The number of halogens is 1. The molecule has 1 aromatic carbocycles. The third-order valence-corrected chi connectivity index (χ3v) is 5.55. The second-order valence-corrected chi connectivity index (χ2v) is 7.60. The zero-order chi connectivity index (χ0) is 17.2. The van der Waals surface area contributed by atoms with Crippen LogP contribution in [0, 0.1) is 5.92 Å². The van der Waals surface area contributed by atoms with Crippen LogP contribution >= 0.6 is 15.9 Å². The van der Waals surface area contributed by atoms with Crippen molar-refractivity contribution in [3.05, 3.63) is 46.7 Å². The smallest absolute Gasteiger partial charge is 0.272 e. The molecule has 5 rings (SSSR count). The predicted molar refractivity (Wildman–Crippen MR) is 97.4 cm³/mol. The Kier molecular flexibility index (Phi) is 4.76. The molecule has 1 N–H and O–H groups in total. The molecule has 132 valence electrons. The standard InChI is InChI=1S/C18H21BrN4O2/c19-14-1-3-15(4-2-14)25-12-23-10-7-16(21-23)18(24)20-17-11-22-8-5-13(17)6-9-22/h1-4,7,10,13,17H,5-6,8-9,11-12H2,(H,20,24). The molecule has 1 atom stereocenters. The summed E-state index contributed by atoms with van der Waals surface area (Å²) in [7, 11) is 0. The number of aromatic nitrogens is 2. The van der Waals surface area contributed by atoms with Crippen LogP contribution in [-0.4, -0.2) is 46.3 Å². The van der Waals surface area contributed by atoms with Gasteiger partial charge in [-0.2, -0.15) is 5.10 Å². The average Bonchev–Trinajstić information content (AvgIpc) is 3.11. The maximum atomic E-state index is 12.5. The summed E-state index contributed by atoms with van der Waals surface area (Å²) in [5, 5.41) is 7.48. The number of rotatable bonds is 5. The Labute approximate surface area is 155 Å². The molecule has 3 fully saturated rings. The number of piperidine rings is 3. The summed E-state index contributed by atoms with van der Waals surface area (Å²) in [6.45, 7) is 3.57. The van der Waals surface area contributed by atoms with Crippen LogP contribution in [0.3, 0.4) is 0 Å². The lowest BCUT2D eigenvalue weighted by Gasteiger charge is -2.44. The van der Waals surface area contributed by atoms with Crippen molar-refractivity contribution in [3.63, 3.8) is 0 Å². The van der Waals surface area contributed by atoms with Gasteiger partial charge in [-0.1, -0.05) is 15.9 Å². The van der Waals surface area contributed by atoms with E-state index in [4.69, 9.17) is 4.74 Å².